The Labute approximate surface area is 147 Å². The van der Waals surface area contributed by atoms with Gasteiger partial charge in [0, 0.05) is 40.3 Å². The van der Waals surface area contributed by atoms with E-state index in [9.17, 15) is 18.0 Å². The van der Waals surface area contributed by atoms with Gasteiger partial charge in [-0.3, -0.25) is 14.7 Å². The van der Waals surface area contributed by atoms with E-state index < -0.39 is 12.6 Å². The smallest absolute Gasteiger partial charge is 0.357 e. The van der Waals surface area contributed by atoms with Crippen LogP contribution in [0, 0.1) is 0 Å². The van der Waals surface area contributed by atoms with E-state index in [0.29, 0.717) is 19.0 Å². The molecular weight excluding hydrogens is 335 g/mol. The van der Waals surface area contributed by atoms with Gasteiger partial charge in [-0.15, -0.1) is 0 Å². The minimum Gasteiger partial charge on any atom is -0.357 e. The largest absolute Gasteiger partial charge is 0.390 e. The van der Waals surface area contributed by atoms with Gasteiger partial charge in [0.05, 0.1) is 12.5 Å². The van der Waals surface area contributed by atoms with Gasteiger partial charge in [-0.2, -0.15) is 13.2 Å². The summed E-state index contributed by atoms with van der Waals surface area (Å²) in [5, 5.41) is 5.63. The van der Waals surface area contributed by atoms with Gasteiger partial charge in [0.2, 0.25) is 5.91 Å². The maximum Gasteiger partial charge on any atom is 0.390 e. The van der Waals surface area contributed by atoms with Gasteiger partial charge >= 0.3 is 6.18 Å². The summed E-state index contributed by atoms with van der Waals surface area (Å²) < 4.78 is 36.6. The Balaban J connectivity index is 2.38. The van der Waals surface area contributed by atoms with Crippen LogP contribution in [0.15, 0.2) is 4.99 Å². The third kappa shape index (κ3) is 8.42. The molecule has 1 heterocycles. The maximum atomic E-state index is 12.2. The number of guanidine groups is 1. The summed E-state index contributed by atoms with van der Waals surface area (Å²) in [4.78, 5) is 20.2. The normalized spacial score (nSPS) is 19.1. The highest BCUT2D eigenvalue weighted by Gasteiger charge is 2.31. The Morgan fingerprint density at radius 2 is 2.04 bits per heavy atom. The third-order valence-electron chi connectivity index (χ3n) is 4.01. The van der Waals surface area contributed by atoms with Crippen LogP contribution in [-0.4, -0.2) is 80.7 Å². The summed E-state index contributed by atoms with van der Waals surface area (Å²) in [6.07, 6.45) is -2.42. The molecule has 0 radical (unpaired) electrons. The van der Waals surface area contributed by atoms with Crippen LogP contribution < -0.4 is 10.6 Å². The SMILES string of the molecule is CCNC(=NCCCN1CCCC1C(=O)N(C)C)NCCC(F)(F)F. The summed E-state index contributed by atoms with van der Waals surface area (Å²) in [6.45, 7) is 4.42. The molecule has 9 heteroatoms. The van der Waals surface area contributed by atoms with Crippen LogP contribution in [0.4, 0.5) is 13.2 Å². The summed E-state index contributed by atoms with van der Waals surface area (Å²) in [5.41, 5.74) is 0. The van der Waals surface area contributed by atoms with Gasteiger partial charge in [-0.1, -0.05) is 0 Å². The molecule has 25 heavy (non-hydrogen) atoms. The first-order valence-corrected chi connectivity index (χ1v) is 8.78. The summed E-state index contributed by atoms with van der Waals surface area (Å²) in [5.74, 6) is 0.525. The van der Waals surface area contributed by atoms with Crippen LogP contribution >= 0.6 is 0 Å². The average Bonchev–Trinajstić information content (AvgIpc) is 2.97. The Kier molecular flexibility index (Phi) is 9.02. The van der Waals surface area contributed by atoms with Gasteiger partial charge < -0.3 is 15.5 Å². The van der Waals surface area contributed by atoms with E-state index in [-0.39, 0.29) is 18.5 Å². The van der Waals surface area contributed by atoms with Crippen LogP contribution in [-0.2, 0) is 4.79 Å². The lowest BCUT2D eigenvalue weighted by molar-refractivity contribution is -0.134. The fourth-order valence-corrected chi connectivity index (χ4v) is 2.80. The number of carbonyl (C=O) groups is 1. The standard InChI is InChI=1S/C16H30F3N5O/c1-4-20-15(22-10-8-16(17,18)19)21-9-6-12-24-11-5-7-13(24)14(25)23(2)3/h13H,4-12H2,1-3H3,(H2,20,21,22). The zero-order valence-electron chi connectivity index (χ0n) is 15.3. The van der Waals surface area contributed by atoms with Crippen LogP contribution in [0.25, 0.3) is 0 Å². The number of carbonyl (C=O) groups excluding carboxylic acids is 1. The summed E-state index contributed by atoms with van der Waals surface area (Å²) in [6, 6.07) is -0.0582. The molecule has 0 spiro atoms. The number of likely N-dealkylation sites (tertiary alicyclic amines) is 1. The van der Waals surface area contributed by atoms with Crippen LogP contribution in [0.3, 0.4) is 0 Å². The van der Waals surface area contributed by atoms with Crippen molar-refractivity contribution in [3.63, 3.8) is 0 Å². The molecule has 0 saturated carbocycles. The van der Waals surface area contributed by atoms with Crippen molar-refractivity contribution in [1.82, 2.24) is 20.4 Å². The lowest BCUT2D eigenvalue weighted by atomic mass is 10.2. The molecule has 0 aromatic carbocycles. The number of halogens is 3. The number of nitrogens with zero attached hydrogens (tertiary/aromatic N) is 3. The molecule has 0 aromatic heterocycles. The molecule has 1 unspecified atom stereocenters. The van der Waals surface area contributed by atoms with Crippen LogP contribution in [0.2, 0.25) is 0 Å². The summed E-state index contributed by atoms with van der Waals surface area (Å²) in [7, 11) is 3.52. The molecular formula is C16H30F3N5O. The van der Waals surface area contributed by atoms with Crippen molar-refractivity contribution in [3.8, 4) is 0 Å². The Hall–Kier alpha value is -1.51. The number of nitrogens with one attached hydrogen (secondary N) is 2. The number of hydrogen-bond acceptors (Lipinski definition) is 3. The maximum absolute atomic E-state index is 12.2. The van der Waals surface area contributed by atoms with E-state index in [1.54, 1.807) is 19.0 Å². The highest BCUT2D eigenvalue weighted by Crippen LogP contribution is 2.19. The zero-order valence-corrected chi connectivity index (χ0v) is 15.3. The molecule has 1 amide bonds. The van der Waals surface area contributed by atoms with Gasteiger partial charge in [0.1, 0.15) is 0 Å². The van der Waals surface area contributed by atoms with E-state index in [1.165, 1.54) is 0 Å². The Morgan fingerprint density at radius 1 is 1.32 bits per heavy atom. The van der Waals surface area contributed by atoms with E-state index >= 15 is 0 Å². The average molecular weight is 365 g/mol. The second-order valence-corrected chi connectivity index (χ2v) is 6.33. The molecule has 146 valence electrons. The first-order valence-electron chi connectivity index (χ1n) is 8.78. The molecule has 2 N–H and O–H groups in total. The molecule has 1 atom stereocenters. The van der Waals surface area contributed by atoms with Crippen molar-refractivity contribution in [1.29, 1.82) is 0 Å². The first kappa shape index (κ1) is 21.5. The van der Waals surface area contributed by atoms with E-state index in [1.807, 2.05) is 6.92 Å². The zero-order chi connectivity index (χ0) is 18.9. The van der Waals surface area contributed by atoms with E-state index in [2.05, 4.69) is 20.5 Å². The number of aliphatic imine (C=N–C) groups is 1. The van der Waals surface area contributed by atoms with Gasteiger partial charge in [0.25, 0.3) is 0 Å². The fourth-order valence-electron chi connectivity index (χ4n) is 2.80. The van der Waals surface area contributed by atoms with Crippen LogP contribution in [0.5, 0.6) is 0 Å². The fraction of sp³-hybridized carbons (Fsp3) is 0.875. The predicted octanol–water partition coefficient (Wildman–Crippen LogP) is 1.44. The molecule has 0 aliphatic carbocycles. The molecule has 1 rings (SSSR count). The second-order valence-electron chi connectivity index (χ2n) is 6.33. The van der Waals surface area contributed by atoms with Crippen molar-refractivity contribution in [2.75, 3.05) is 46.8 Å². The molecule has 0 bridgehead atoms. The van der Waals surface area contributed by atoms with Crippen molar-refractivity contribution in [2.24, 2.45) is 4.99 Å². The second kappa shape index (κ2) is 10.5. The molecule has 1 saturated heterocycles. The van der Waals surface area contributed by atoms with Gasteiger partial charge in [-0.25, -0.2) is 0 Å². The summed E-state index contributed by atoms with van der Waals surface area (Å²) >= 11 is 0. The number of rotatable bonds is 8. The quantitative estimate of drug-likeness (QED) is 0.388. The van der Waals surface area contributed by atoms with E-state index in [4.69, 9.17) is 0 Å². The monoisotopic (exact) mass is 365 g/mol. The minimum absolute atomic E-state index is 0.0582. The third-order valence-corrected chi connectivity index (χ3v) is 4.01. The van der Waals surface area contributed by atoms with E-state index in [0.717, 1.165) is 32.4 Å². The number of hydrogen-bond donors (Lipinski definition) is 2. The van der Waals surface area contributed by atoms with Gasteiger partial charge in [0.15, 0.2) is 5.96 Å². The van der Waals surface area contributed by atoms with Crippen LogP contribution in [0.1, 0.15) is 32.6 Å². The highest BCUT2D eigenvalue weighted by molar-refractivity contribution is 5.81. The van der Waals surface area contributed by atoms with Crippen molar-refractivity contribution < 1.29 is 18.0 Å². The highest BCUT2D eigenvalue weighted by atomic mass is 19.4. The van der Waals surface area contributed by atoms with Gasteiger partial charge in [-0.05, 0) is 32.7 Å². The first-order chi connectivity index (χ1) is 11.7. The number of amides is 1. The predicted molar refractivity (Wildman–Crippen MR) is 92.6 cm³/mol. The van der Waals surface area contributed by atoms with Crippen molar-refractivity contribution in [3.05, 3.63) is 0 Å². The molecule has 0 aromatic rings. The Morgan fingerprint density at radius 3 is 2.64 bits per heavy atom. The van der Waals surface area contributed by atoms with Crippen molar-refractivity contribution >= 4 is 11.9 Å². The molecule has 6 nitrogen and oxygen atoms in total. The van der Waals surface area contributed by atoms with Crippen molar-refractivity contribution in [2.45, 2.75) is 44.8 Å². The minimum atomic E-state index is -4.17. The Bertz CT molecular complexity index is 440. The molecule has 1 aliphatic heterocycles. The topological polar surface area (TPSA) is 60.0 Å². The molecule has 1 fully saturated rings. The number of likely N-dealkylation sites (N-methyl/N-ethyl adjacent to an activating group) is 1. The molecule has 1 aliphatic rings. The lowest BCUT2D eigenvalue weighted by Gasteiger charge is -2.25. The number of alkyl halides is 3. The lowest BCUT2D eigenvalue weighted by Crippen LogP contribution is -2.43.